The number of hydrogen-bond donors (Lipinski definition) is 2. The summed E-state index contributed by atoms with van der Waals surface area (Å²) < 4.78 is 50.2. The van der Waals surface area contributed by atoms with Crippen LogP contribution in [0, 0.1) is 0 Å². The Morgan fingerprint density at radius 3 is 2.62 bits per heavy atom. The van der Waals surface area contributed by atoms with Crippen molar-refractivity contribution in [3.63, 3.8) is 0 Å². The summed E-state index contributed by atoms with van der Waals surface area (Å²) in [7, 11) is 0. The molecule has 1 aliphatic carbocycles. The molecule has 4 heterocycles. The summed E-state index contributed by atoms with van der Waals surface area (Å²) >= 11 is 6.62. The molecule has 2 aromatic heterocycles. The van der Waals surface area contributed by atoms with Gasteiger partial charge in [-0.3, -0.25) is 9.69 Å². The Morgan fingerprint density at radius 2 is 1.97 bits per heavy atom. The normalized spacial score (nSPS) is 23.6. The van der Waals surface area contributed by atoms with Crippen LogP contribution in [0.15, 0.2) is 24.5 Å². The van der Waals surface area contributed by atoms with Crippen LogP contribution in [-0.4, -0.2) is 83.2 Å². The number of alkyl halides is 4. The van der Waals surface area contributed by atoms with Crippen LogP contribution in [0.3, 0.4) is 0 Å². The predicted molar refractivity (Wildman–Crippen MR) is 127 cm³/mol. The number of amides is 1. The zero-order valence-corrected chi connectivity index (χ0v) is 20.8. The second kappa shape index (κ2) is 11.1. The number of morpholine rings is 1. The zero-order chi connectivity index (χ0) is 26.0. The second-order valence-corrected chi connectivity index (χ2v) is 9.92. The zero-order valence-electron chi connectivity index (χ0n) is 20.0. The van der Waals surface area contributed by atoms with E-state index in [1.54, 1.807) is 6.07 Å². The number of hydrogen-bond acceptors (Lipinski definition) is 8. The number of aryl methyl sites for hydroxylation is 1. The van der Waals surface area contributed by atoms with Crippen LogP contribution in [-0.2, 0) is 22.1 Å². The van der Waals surface area contributed by atoms with E-state index in [0.29, 0.717) is 50.6 Å². The topological polar surface area (TPSA) is 102 Å². The van der Waals surface area contributed by atoms with Crippen molar-refractivity contribution in [1.82, 2.24) is 30.5 Å². The molecule has 3 aliphatic rings. The monoisotopic (exact) mass is 540 g/mol. The molecule has 2 fully saturated rings. The second-order valence-electron chi connectivity index (χ2n) is 9.36. The van der Waals surface area contributed by atoms with Gasteiger partial charge < -0.3 is 20.1 Å². The number of fused-ring (bicyclic) bond motifs is 1. The van der Waals surface area contributed by atoms with Gasteiger partial charge in [-0.25, -0.2) is 15.0 Å². The number of pyridine rings is 1. The Kier molecular flexibility index (Phi) is 7.80. The van der Waals surface area contributed by atoms with Crippen molar-refractivity contribution in [3.8, 4) is 5.88 Å². The number of rotatable bonds is 7. The number of halogens is 4. The molecule has 0 bridgehead atoms. The van der Waals surface area contributed by atoms with E-state index in [1.165, 1.54) is 12.4 Å². The van der Waals surface area contributed by atoms with Crippen molar-refractivity contribution in [1.29, 1.82) is 0 Å². The molecular weight excluding hydrogens is 513 g/mol. The Hall–Kier alpha value is -2.54. The number of nitrogens with one attached hydrogen (secondary N) is 2. The first-order chi connectivity index (χ1) is 17.8. The first-order valence-electron chi connectivity index (χ1n) is 12.3. The molecule has 9 nitrogen and oxygen atoms in total. The van der Waals surface area contributed by atoms with E-state index in [4.69, 9.17) is 21.1 Å². The number of ether oxygens (including phenoxy) is 2. The summed E-state index contributed by atoms with van der Waals surface area (Å²) in [6, 6.07) is 3.20. The average Bonchev–Trinajstić information content (AvgIpc) is 2.86. The fourth-order valence-corrected chi connectivity index (χ4v) is 5.17. The Bertz CT molecular complexity index is 1100. The van der Waals surface area contributed by atoms with Crippen LogP contribution in [0.1, 0.15) is 41.0 Å². The minimum Gasteiger partial charge on any atom is -0.472 e. The molecule has 0 radical (unpaired) electrons. The van der Waals surface area contributed by atoms with Crippen molar-refractivity contribution < 1.29 is 27.4 Å². The average molecular weight is 541 g/mol. The summed E-state index contributed by atoms with van der Waals surface area (Å²) in [6.45, 7) is 3.82. The molecular formula is C24H28ClF3N6O3. The summed E-state index contributed by atoms with van der Waals surface area (Å²) in [5, 5.41) is 5.72. The van der Waals surface area contributed by atoms with Crippen LogP contribution in [0.2, 0.25) is 0 Å². The molecule has 0 spiro atoms. The molecule has 3 unspecified atom stereocenters. The molecule has 37 heavy (non-hydrogen) atoms. The van der Waals surface area contributed by atoms with Crippen LogP contribution in [0.4, 0.5) is 13.2 Å². The summed E-state index contributed by atoms with van der Waals surface area (Å²) in [5.41, 5.74) is 2.04. The van der Waals surface area contributed by atoms with Gasteiger partial charge in [0.1, 0.15) is 6.10 Å². The molecule has 1 amide bonds. The number of carbonyl (C=O) groups is 1. The molecule has 3 atom stereocenters. The summed E-state index contributed by atoms with van der Waals surface area (Å²) in [5.74, 6) is -1.53. The summed E-state index contributed by atoms with van der Waals surface area (Å²) in [4.78, 5) is 27.1. The highest BCUT2D eigenvalue weighted by Crippen LogP contribution is 2.36. The van der Waals surface area contributed by atoms with E-state index in [1.807, 2.05) is 11.0 Å². The minimum absolute atomic E-state index is 0.0975. The van der Waals surface area contributed by atoms with Crippen molar-refractivity contribution in [2.24, 2.45) is 0 Å². The predicted octanol–water partition coefficient (Wildman–Crippen LogP) is 2.07. The third-order valence-electron chi connectivity index (χ3n) is 6.92. The van der Waals surface area contributed by atoms with Crippen LogP contribution in [0.25, 0.3) is 0 Å². The van der Waals surface area contributed by atoms with E-state index in [9.17, 15) is 18.0 Å². The minimum atomic E-state index is -4.63. The fraction of sp³-hybridized carbons (Fsp3) is 0.583. The lowest BCUT2D eigenvalue weighted by atomic mass is 9.84. The van der Waals surface area contributed by atoms with E-state index < -0.39 is 29.3 Å². The van der Waals surface area contributed by atoms with Crippen molar-refractivity contribution >= 4 is 17.5 Å². The maximum absolute atomic E-state index is 13.4. The van der Waals surface area contributed by atoms with Gasteiger partial charge in [0.05, 0.1) is 25.2 Å². The lowest BCUT2D eigenvalue weighted by molar-refractivity contribution is -0.145. The Labute approximate surface area is 217 Å². The van der Waals surface area contributed by atoms with E-state index in [-0.39, 0.29) is 18.6 Å². The highest BCUT2D eigenvalue weighted by molar-refractivity contribution is 6.23. The van der Waals surface area contributed by atoms with Crippen LogP contribution >= 0.6 is 11.6 Å². The van der Waals surface area contributed by atoms with E-state index >= 15 is 0 Å². The SMILES string of the molecule is O=C(NCC(c1cnc(C(F)(F)F)nc1)N1CCOCC1)C1c2ccc(OC3CNC3)nc2CCC1Cl. The van der Waals surface area contributed by atoms with Gasteiger partial charge in [-0.15, -0.1) is 11.6 Å². The molecule has 2 aliphatic heterocycles. The van der Waals surface area contributed by atoms with Gasteiger partial charge in [-0.05, 0) is 18.4 Å². The largest absolute Gasteiger partial charge is 0.472 e. The van der Waals surface area contributed by atoms with Crippen molar-refractivity contribution in [3.05, 3.63) is 47.2 Å². The number of nitrogens with zero attached hydrogens (tertiary/aromatic N) is 4. The molecule has 0 aromatic carbocycles. The smallest absolute Gasteiger partial charge is 0.451 e. The van der Waals surface area contributed by atoms with Crippen molar-refractivity contribution in [2.45, 2.75) is 42.5 Å². The Morgan fingerprint density at radius 1 is 1.24 bits per heavy atom. The van der Waals surface area contributed by atoms with Gasteiger partial charge in [-0.2, -0.15) is 13.2 Å². The third kappa shape index (κ3) is 5.97. The lowest BCUT2D eigenvalue weighted by Gasteiger charge is -2.35. The van der Waals surface area contributed by atoms with E-state index in [0.717, 1.165) is 24.3 Å². The van der Waals surface area contributed by atoms with Gasteiger partial charge in [-0.1, -0.05) is 6.07 Å². The maximum atomic E-state index is 13.4. The van der Waals surface area contributed by atoms with Crippen LogP contribution < -0.4 is 15.4 Å². The van der Waals surface area contributed by atoms with Gasteiger partial charge in [0.25, 0.3) is 0 Å². The van der Waals surface area contributed by atoms with Gasteiger partial charge >= 0.3 is 6.18 Å². The Balaban J connectivity index is 1.31. The molecule has 2 aromatic rings. The fourth-order valence-electron chi connectivity index (χ4n) is 4.81. The molecule has 2 saturated heterocycles. The molecule has 200 valence electrons. The standard InChI is InChI=1S/C24H28ClF3N6O3/c25-17-2-3-18-16(1-4-20(33-18)37-15-11-29-12-15)21(17)22(35)30-13-19(34-5-7-36-8-6-34)14-9-31-23(32-10-14)24(26,27)28/h1,4,9-10,15,17,19,21,29H,2-3,5-8,11-13H2,(H,30,35). The summed E-state index contributed by atoms with van der Waals surface area (Å²) in [6.07, 6.45) is -0.948. The first-order valence-corrected chi connectivity index (χ1v) is 12.7. The maximum Gasteiger partial charge on any atom is 0.451 e. The highest BCUT2D eigenvalue weighted by Gasteiger charge is 2.37. The quantitative estimate of drug-likeness (QED) is 0.515. The van der Waals surface area contributed by atoms with Gasteiger partial charge in [0.15, 0.2) is 0 Å². The molecule has 5 rings (SSSR count). The molecule has 13 heteroatoms. The third-order valence-corrected chi connectivity index (χ3v) is 7.39. The van der Waals surface area contributed by atoms with Crippen molar-refractivity contribution in [2.75, 3.05) is 45.9 Å². The number of carbonyl (C=O) groups excluding carboxylic acids is 1. The molecule has 2 N–H and O–H groups in total. The highest BCUT2D eigenvalue weighted by atomic mass is 35.5. The van der Waals surface area contributed by atoms with Gasteiger partial charge in [0, 0.05) is 67.8 Å². The molecule has 0 saturated carbocycles. The lowest BCUT2D eigenvalue weighted by Crippen LogP contribution is -2.50. The first kappa shape index (κ1) is 26.1. The number of aromatic nitrogens is 3. The van der Waals surface area contributed by atoms with E-state index in [2.05, 4.69) is 25.6 Å². The van der Waals surface area contributed by atoms with Crippen LogP contribution in [0.5, 0.6) is 5.88 Å². The van der Waals surface area contributed by atoms with Gasteiger partial charge in [0.2, 0.25) is 17.6 Å².